The fraction of sp³-hybridized carbons (Fsp3) is 0.364. The van der Waals surface area contributed by atoms with E-state index < -0.39 is 27.1 Å². The highest BCUT2D eigenvalue weighted by molar-refractivity contribution is 7.93. The lowest BCUT2D eigenvalue weighted by Crippen LogP contribution is -2.21. The van der Waals surface area contributed by atoms with E-state index in [0.29, 0.717) is 54.3 Å². The quantitative estimate of drug-likeness (QED) is 0.440. The molecule has 178 valence electrons. The highest BCUT2D eigenvalue weighted by Gasteiger charge is 2.36. The summed E-state index contributed by atoms with van der Waals surface area (Å²) in [6.45, 7) is 4.22. The average molecular weight is 484 g/mol. The Morgan fingerprint density at radius 2 is 2.00 bits per heavy atom. The maximum absolute atomic E-state index is 12.3. The first-order valence-corrected chi connectivity index (χ1v) is 12.5. The minimum absolute atomic E-state index is 0.0112. The first-order chi connectivity index (χ1) is 16.3. The third kappa shape index (κ3) is 5.11. The third-order valence-electron chi connectivity index (χ3n) is 5.37. The van der Waals surface area contributed by atoms with Crippen LogP contribution in [-0.2, 0) is 10.0 Å². The zero-order chi connectivity index (χ0) is 24.3. The fourth-order valence-corrected chi connectivity index (χ4v) is 4.87. The lowest BCUT2D eigenvalue weighted by Gasteiger charge is -2.19. The van der Waals surface area contributed by atoms with Crippen LogP contribution in [0.2, 0.25) is 0 Å². The number of anilines is 1. The van der Waals surface area contributed by atoms with E-state index in [0.717, 1.165) is 0 Å². The predicted molar refractivity (Wildman–Crippen MR) is 125 cm³/mol. The van der Waals surface area contributed by atoms with Crippen molar-refractivity contribution >= 4 is 21.9 Å². The summed E-state index contributed by atoms with van der Waals surface area (Å²) < 4.78 is 32.5. The molecule has 3 N–H and O–H groups in total. The Morgan fingerprint density at radius 3 is 2.68 bits per heavy atom. The summed E-state index contributed by atoms with van der Waals surface area (Å²) in [6.07, 6.45) is 7.87. The molecule has 34 heavy (non-hydrogen) atoms. The van der Waals surface area contributed by atoms with Crippen molar-refractivity contribution in [1.29, 1.82) is 0 Å². The molecule has 0 aliphatic heterocycles. The van der Waals surface area contributed by atoms with Gasteiger partial charge in [-0.25, -0.2) is 23.4 Å². The van der Waals surface area contributed by atoms with Gasteiger partial charge in [0.15, 0.2) is 0 Å². The lowest BCUT2D eigenvalue weighted by atomic mass is 9.90. The van der Waals surface area contributed by atoms with Crippen LogP contribution in [0.4, 0.5) is 5.95 Å². The standard InChI is InChI=1S/C22H25N7O4S/c1-3-15(17-7-8-25-22(28-17)29-34(31,32)14-5-6-14)16-9-13(10-26-20(16)21(23)30)18-11-24-12-19(27-18)33-4-2/h7-12,14-15H,3-6H2,1-2H3,(H2,23,30)(H,25,28,29). The van der Waals surface area contributed by atoms with Gasteiger partial charge in [0, 0.05) is 23.9 Å². The maximum Gasteiger partial charge on any atom is 0.267 e. The largest absolute Gasteiger partial charge is 0.477 e. The van der Waals surface area contributed by atoms with Crippen LogP contribution >= 0.6 is 0 Å². The van der Waals surface area contributed by atoms with Crippen molar-refractivity contribution in [3.8, 4) is 17.1 Å². The van der Waals surface area contributed by atoms with Crippen LogP contribution in [0.5, 0.6) is 5.88 Å². The van der Waals surface area contributed by atoms with E-state index in [4.69, 9.17) is 10.5 Å². The van der Waals surface area contributed by atoms with Gasteiger partial charge in [0.05, 0.1) is 35.6 Å². The Kier molecular flexibility index (Phi) is 6.68. The van der Waals surface area contributed by atoms with Crippen LogP contribution in [0.1, 0.15) is 60.8 Å². The number of sulfonamides is 1. The molecule has 0 spiro atoms. The number of rotatable bonds is 10. The van der Waals surface area contributed by atoms with Gasteiger partial charge in [-0.1, -0.05) is 6.92 Å². The molecule has 1 aliphatic rings. The fourth-order valence-electron chi connectivity index (χ4n) is 3.59. The van der Waals surface area contributed by atoms with Gasteiger partial charge in [-0.2, -0.15) is 0 Å². The molecule has 1 aliphatic carbocycles. The molecule has 12 heteroatoms. The Morgan fingerprint density at radius 1 is 1.21 bits per heavy atom. The summed E-state index contributed by atoms with van der Waals surface area (Å²) in [5, 5.41) is -0.405. The maximum atomic E-state index is 12.3. The van der Waals surface area contributed by atoms with E-state index in [1.807, 2.05) is 13.8 Å². The molecule has 0 bridgehead atoms. The van der Waals surface area contributed by atoms with Gasteiger partial charge in [-0.05, 0) is 43.9 Å². The summed E-state index contributed by atoms with van der Waals surface area (Å²) in [4.78, 5) is 33.6. The molecule has 3 heterocycles. The zero-order valence-corrected chi connectivity index (χ0v) is 19.6. The summed E-state index contributed by atoms with van der Waals surface area (Å²) in [7, 11) is -3.52. The third-order valence-corrected chi connectivity index (χ3v) is 7.18. The molecule has 1 unspecified atom stereocenters. The lowest BCUT2D eigenvalue weighted by molar-refractivity contribution is 0.0994. The number of primary amides is 1. The van der Waals surface area contributed by atoms with Gasteiger partial charge in [-0.3, -0.25) is 19.5 Å². The second kappa shape index (κ2) is 9.67. The summed E-state index contributed by atoms with van der Waals surface area (Å²) >= 11 is 0. The van der Waals surface area contributed by atoms with Crippen LogP contribution in [0.25, 0.3) is 11.3 Å². The molecule has 3 aromatic heterocycles. The smallest absolute Gasteiger partial charge is 0.267 e. The van der Waals surface area contributed by atoms with Crippen LogP contribution < -0.4 is 15.2 Å². The van der Waals surface area contributed by atoms with Crippen molar-refractivity contribution < 1.29 is 17.9 Å². The van der Waals surface area contributed by atoms with E-state index in [9.17, 15) is 13.2 Å². The molecule has 1 amide bonds. The predicted octanol–water partition coefficient (Wildman–Crippen LogP) is 2.27. The van der Waals surface area contributed by atoms with Gasteiger partial charge in [-0.15, -0.1) is 0 Å². The SMILES string of the molecule is CCOc1cncc(-c2cnc(C(N)=O)c(C(CC)c3ccnc(NS(=O)(=O)C4CC4)n3)c2)n1. The number of nitrogens with two attached hydrogens (primary N) is 1. The number of carbonyl (C=O) groups is 1. The number of hydrogen-bond donors (Lipinski definition) is 2. The Bertz CT molecular complexity index is 1310. The minimum Gasteiger partial charge on any atom is -0.477 e. The molecule has 11 nitrogen and oxygen atoms in total. The van der Waals surface area contributed by atoms with Gasteiger partial charge in [0.1, 0.15) is 5.69 Å². The van der Waals surface area contributed by atoms with E-state index in [2.05, 4.69) is 29.6 Å². The van der Waals surface area contributed by atoms with E-state index in [-0.39, 0.29) is 11.6 Å². The monoisotopic (exact) mass is 483 g/mol. The molecular formula is C22H25N7O4S. The number of carbonyl (C=O) groups excluding carboxylic acids is 1. The number of amides is 1. The summed E-state index contributed by atoms with van der Waals surface area (Å²) in [5.74, 6) is -0.721. The molecule has 0 aromatic carbocycles. The second-order valence-electron chi connectivity index (χ2n) is 7.81. The highest BCUT2D eigenvalue weighted by Crippen LogP contribution is 2.33. The summed E-state index contributed by atoms with van der Waals surface area (Å²) in [6, 6.07) is 3.45. The van der Waals surface area contributed by atoms with E-state index in [1.165, 1.54) is 18.6 Å². The molecule has 0 saturated heterocycles. The first-order valence-electron chi connectivity index (χ1n) is 10.9. The number of pyridine rings is 1. The van der Waals surface area contributed by atoms with Crippen molar-refractivity contribution in [2.45, 2.75) is 44.3 Å². The number of hydrogen-bond acceptors (Lipinski definition) is 9. The topological polar surface area (TPSA) is 163 Å². The van der Waals surface area contributed by atoms with Crippen LogP contribution in [0.3, 0.4) is 0 Å². The van der Waals surface area contributed by atoms with Crippen LogP contribution in [0, 0.1) is 0 Å². The van der Waals surface area contributed by atoms with Crippen molar-refractivity contribution in [1.82, 2.24) is 24.9 Å². The molecule has 4 rings (SSSR count). The van der Waals surface area contributed by atoms with Gasteiger partial charge in [0.25, 0.3) is 5.91 Å². The van der Waals surface area contributed by atoms with Gasteiger partial charge in [0.2, 0.25) is 21.9 Å². The van der Waals surface area contributed by atoms with Crippen molar-refractivity contribution in [2.24, 2.45) is 5.73 Å². The van der Waals surface area contributed by atoms with Gasteiger partial charge < -0.3 is 10.5 Å². The highest BCUT2D eigenvalue weighted by atomic mass is 32.2. The number of aromatic nitrogens is 5. The number of ether oxygens (including phenoxy) is 1. The average Bonchev–Trinajstić information content (AvgIpc) is 3.66. The molecule has 1 atom stereocenters. The summed E-state index contributed by atoms with van der Waals surface area (Å²) in [5.41, 5.74) is 7.93. The van der Waals surface area contributed by atoms with Gasteiger partial charge >= 0.3 is 0 Å². The molecular weight excluding hydrogens is 458 g/mol. The zero-order valence-electron chi connectivity index (χ0n) is 18.8. The molecule has 1 fully saturated rings. The van der Waals surface area contributed by atoms with Crippen molar-refractivity contribution in [3.05, 3.63) is 53.9 Å². The Balaban J connectivity index is 1.74. The Labute approximate surface area is 197 Å². The van der Waals surface area contributed by atoms with E-state index in [1.54, 1.807) is 18.3 Å². The Hall–Kier alpha value is -3.67. The first kappa shape index (κ1) is 23.5. The second-order valence-corrected chi connectivity index (χ2v) is 9.77. The molecule has 3 aromatic rings. The molecule has 0 radical (unpaired) electrons. The van der Waals surface area contributed by atoms with Crippen molar-refractivity contribution in [2.75, 3.05) is 11.3 Å². The molecule has 1 saturated carbocycles. The van der Waals surface area contributed by atoms with Crippen LogP contribution in [0.15, 0.2) is 36.9 Å². The normalized spacial score (nSPS) is 14.4. The number of nitrogens with one attached hydrogen (secondary N) is 1. The van der Waals surface area contributed by atoms with Crippen LogP contribution in [-0.4, -0.2) is 51.1 Å². The minimum atomic E-state index is -3.52. The van der Waals surface area contributed by atoms with Crippen molar-refractivity contribution in [3.63, 3.8) is 0 Å². The van der Waals surface area contributed by atoms with E-state index >= 15 is 0 Å². The number of nitrogens with zero attached hydrogens (tertiary/aromatic N) is 5.